The molecule has 2 nitrogen and oxygen atoms in total. The first kappa shape index (κ1) is 14.0. The third kappa shape index (κ3) is 3.52. The minimum absolute atomic E-state index is 0.00635. The van der Waals surface area contributed by atoms with E-state index in [4.69, 9.17) is 11.6 Å². The van der Waals surface area contributed by atoms with Gasteiger partial charge in [0.2, 0.25) is 0 Å². The average Bonchev–Trinajstić information content (AvgIpc) is 2.38. The van der Waals surface area contributed by atoms with E-state index in [0.717, 1.165) is 5.56 Å². The Morgan fingerprint density at radius 2 is 2.05 bits per heavy atom. The predicted molar refractivity (Wildman–Crippen MR) is 75.5 cm³/mol. The summed E-state index contributed by atoms with van der Waals surface area (Å²) in [4.78, 5) is 6.02. The highest BCUT2D eigenvalue weighted by Crippen LogP contribution is 2.23. The highest BCUT2D eigenvalue weighted by Gasteiger charge is 2.15. The van der Waals surface area contributed by atoms with Gasteiger partial charge in [0.25, 0.3) is 0 Å². The van der Waals surface area contributed by atoms with Gasteiger partial charge in [0.1, 0.15) is 11.0 Å². The van der Waals surface area contributed by atoms with Crippen molar-refractivity contribution in [2.24, 2.45) is 0 Å². The zero-order chi connectivity index (χ0) is 13.8. The number of nitrogens with zero attached hydrogens (tertiary/aromatic N) is 2. The molecule has 100 valence electrons. The molecule has 2 aromatic rings. The molecule has 1 atom stereocenters. The number of hydrogen-bond donors (Lipinski definition) is 0. The Morgan fingerprint density at radius 3 is 2.74 bits per heavy atom. The first-order valence-electron chi connectivity index (χ1n) is 6.13. The van der Waals surface area contributed by atoms with Crippen LogP contribution in [0.2, 0.25) is 5.15 Å². The van der Waals surface area contributed by atoms with Crippen LogP contribution in [0, 0.1) is 5.82 Å². The summed E-state index contributed by atoms with van der Waals surface area (Å²) in [6.07, 6.45) is 1.68. The molecule has 2 rings (SSSR count). The highest BCUT2D eigenvalue weighted by atomic mass is 35.5. The van der Waals surface area contributed by atoms with E-state index in [1.54, 1.807) is 12.3 Å². The first-order chi connectivity index (χ1) is 9.08. The van der Waals surface area contributed by atoms with E-state index in [0.29, 0.717) is 17.3 Å². The van der Waals surface area contributed by atoms with E-state index < -0.39 is 0 Å². The van der Waals surface area contributed by atoms with Gasteiger partial charge < -0.3 is 0 Å². The van der Waals surface area contributed by atoms with E-state index in [1.807, 2.05) is 38.2 Å². The van der Waals surface area contributed by atoms with Crippen LogP contribution in [0.1, 0.15) is 24.1 Å². The fraction of sp³-hybridized carbons (Fsp3) is 0.267. The predicted octanol–water partition coefficient (Wildman–Crippen LogP) is 4.07. The van der Waals surface area contributed by atoms with Crippen LogP contribution >= 0.6 is 11.6 Å². The second-order valence-corrected chi connectivity index (χ2v) is 4.99. The molecule has 0 aliphatic heterocycles. The van der Waals surface area contributed by atoms with Crippen LogP contribution in [0.5, 0.6) is 0 Å². The molecule has 0 amide bonds. The van der Waals surface area contributed by atoms with E-state index in [2.05, 4.69) is 9.88 Å². The normalized spacial score (nSPS) is 12.7. The van der Waals surface area contributed by atoms with Gasteiger partial charge in [-0.3, -0.25) is 4.90 Å². The largest absolute Gasteiger partial charge is 0.295 e. The van der Waals surface area contributed by atoms with Gasteiger partial charge in [0.15, 0.2) is 0 Å². The van der Waals surface area contributed by atoms with E-state index in [-0.39, 0.29) is 11.9 Å². The number of benzene rings is 1. The molecule has 0 radical (unpaired) electrons. The van der Waals surface area contributed by atoms with Crippen molar-refractivity contribution in [2.75, 3.05) is 7.05 Å². The molecule has 1 aromatic heterocycles. The van der Waals surface area contributed by atoms with Crippen LogP contribution in [0.4, 0.5) is 4.39 Å². The smallest absolute Gasteiger partial charge is 0.129 e. The maximum atomic E-state index is 13.7. The van der Waals surface area contributed by atoms with Crippen molar-refractivity contribution in [3.63, 3.8) is 0 Å². The van der Waals surface area contributed by atoms with E-state index >= 15 is 0 Å². The number of halogens is 2. The lowest BCUT2D eigenvalue weighted by Gasteiger charge is -2.25. The standard InChI is InChI=1S/C15H16ClFN2/c1-11(13-5-3-4-6-14(13)17)19(2)10-12-7-8-18-15(16)9-12/h3-9,11H,10H2,1-2H3. The maximum Gasteiger partial charge on any atom is 0.129 e. The molecule has 4 heteroatoms. The minimum atomic E-state index is -0.172. The summed E-state index contributed by atoms with van der Waals surface area (Å²) >= 11 is 5.86. The summed E-state index contributed by atoms with van der Waals surface area (Å²) in [6, 6.07) is 10.6. The molecule has 0 aliphatic carbocycles. The van der Waals surface area contributed by atoms with Gasteiger partial charge in [0.05, 0.1) is 0 Å². The second-order valence-electron chi connectivity index (χ2n) is 4.60. The van der Waals surface area contributed by atoms with Crippen LogP contribution in [-0.4, -0.2) is 16.9 Å². The van der Waals surface area contributed by atoms with Crippen LogP contribution in [0.15, 0.2) is 42.6 Å². The van der Waals surface area contributed by atoms with Crippen molar-refractivity contribution in [1.82, 2.24) is 9.88 Å². The summed E-state index contributed by atoms with van der Waals surface area (Å²) in [7, 11) is 1.96. The van der Waals surface area contributed by atoms with E-state index in [9.17, 15) is 4.39 Å². The second kappa shape index (κ2) is 6.13. The lowest BCUT2D eigenvalue weighted by atomic mass is 10.1. The van der Waals surface area contributed by atoms with Gasteiger partial charge in [-0.2, -0.15) is 0 Å². The fourth-order valence-corrected chi connectivity index (χ4v) is 2.21. The molecular formula is C15H16ClFN2. The Kier molecular flexibility index (Phi) is 4.51. The molecular weight excluding hydrogens is 263 g/mol. The summed E-state index contributed by atoms with van der Waals surface area (Å²) in [5.41, 5.74) is 1.76. The number of aromatic nitrogens is 1. The molecule has 0 saturated heterocycles. The van der Waals surface area contributed by atoms with Crippen molar-refractivity contribution in [2.45, 2.75) is 19.5 Å². The molecule has 19 heavy (non-hydrogen) atoms. The summed E-state index contributed by atoms with van der Waals surface area (Å²) in [5, 5.41) is 0.476. The van der Waals surface area contributed by atoms with Crippen LogP contribution < -0.4 is 0 Å². The first-order valence-corrected chi connectivity index (χ1v) is 6.51. The number of hydrogen-bond acceptors (Lipinski definition) is 2. The average molecular weight is 279 g/mol. The SMILES string of the molecule is CC(c1ccccc1F)N(C)Cc1ccnc(Cl)c1. The maximum absolute atomic E-state index is 13.7. The van der Waals surface area contributed by atoms with Crippen molar-refractivity contribution < 1.29 is 4.39 Å². The molecule has 0 N–H and O–H groups in total. The molecule has 1 unspecified atom stereocenters. The molecule has 0 bridgehead atoms. The van der Waals surface area contributed by atoms with Gasteiger partial charge in [-0.25, -0.2) is 9.37 Å². The Bertz CT molecular complexity index is 559. The lowest BCUT2D eigenvalue weighted by molar-refractivity contribution is 0.248. The molecule has 1 heterocycles. The Labute approximate surface area is 117 Å². The van der Waals surface area contributed by atoms with Crippen molar-refractivity contribution >= 4 is 11.6 Å². The number of pyridine rings is 1. The summed E-state index contributed by atoms with van der Waals surface area (Å²) < 4.78 is 13.7. The highest BCUT2D eigenvalue weighted by molar-refractivity contribution is 6.29. The van der Waals surface area contributed by atoms with Crippen molar-refractivity contribution in [3.05, 3.63) is 64.7 Å². The molecule has 1 aromatic carbocycles. The molecule has 0 spiro atoms. The monoisotopic (exact) mass is 278 g/mol. The zero-order valence-electron chi connectivity index (χ0n) is 11.0. The summed E-state index contributed by atoms with van der Waals surface area (Å²) in [6.45, 7) is 2.68. The molecule has 0 fully saturated rings. The van der Waals surface area contributed by atoms with Gasteiger partial charge in [-0.15, -0.1) is 0 Å². The van der Waals surface area contributed by atoms with Crippen LogP contribution in [0.3, 0.4) is 0 Å². The van der Waals surface area contributed by atoms with Gasteiger partial charge in [-0.05, 0) is 37.7 Å². The Hall–Kier alpha value is -1.45. The van der Waals surface area contributed by atoms with Gasteiger partial charge >= 0.3 is 0 Å². The minimum Gasteiger partial charge on any atom is -0.295 e. The van der Waals surface area contributed by atoms with Gasteiger partial charge in [0, 0.05) is 24.3 Å². The third-order valence-corrected chi connectivity index (χ3v) is 3.45. The third-order valence-electron chi connectivity index (χ3n) is 3.24. The number of rotatable bonds is 4. The van der Waals surface area contributed by atoms with Gasteiger partial charge in [-0.1, -0.05) is 29.8 Å². The molecule has 0 aliphatic rings. The van der Waals surface area contributed by atoms with Crippen molar-refractivity contribution in [3.8, 4) is 0 Å². The lowest BCUT2D eigenvalue weighted by Crippen LogP contribution is -2.22. The Morgan fingerprint density at radius 1 is 1.32 bits per heavy atom. The van der Waals surface area contributed by atoms with E-state index in [1.165, 1.54) is 6.07 Å². The quantitative estimate of drug-likeness (QED) is 0.784. The fourth-order valence-electron chi connectivity index (χ4n) is 2.02. The summed E-state index contributed by atoms with van der Waals surface area (Å²) in [5.74, 6) is -0.172. The van der Waals surface area contributed by atoms with Crippen LogP contribution in [-0.2, 0) is 6.54 Å². The molecule has 0 saturated carbocycles. The van der Waals surface area contributed by atoms with Crippen LogP contribution in [0.25, 0.3) is 0 Å². The Balaban J connectivity index is 2.12. The topological polar surface area (TPSA) is 16.1 Å². The van der Waals surface area contributed by atoms with Crippen molar-refractivity contribution in [1.29, 1.82) is 0 Å². The zero-order valence-corrected chi connectivity index (χ0v) is 11.7.